The molecule has 1 aromatic carbocycles. The molecule has 0 bridgehead atoms. The Morgan fingerprint density at radius 2 is 1.84 bits per heavy atom. The smallest absolute Gasteiger partial charge is 0.272 e. The molecule has 0 saturated carbocycles. The standard InChI is InChI=1S/C21H20N4O4S2/c1-31(28,29)14-25-17-6-3-2-5-15(17)19(16(13-22)20(25)26)23-8-10-24(11-9-23)21(27)18-7-4-12-30-18/h2-7,12H,8-11,14H2,1H3. The van der Waals surface area contributed by atoms with E-state index < -0.39 is 21.3 Å². The molecule has 1 amide bonds. The molecule has 8 nitrogen and oxygen atoms in total. The van der Waals surface area contributed by atoms with Gasteiger partial charge in [0.25, 0.3) is 11.5 Å². The van der Waals surface area contributed by atoms with Gasteiger partial charge in [0, 0.05) is 37.8 Å². The number of fused-ring (bicyclic) bond motifs is 1. The Morgan fingerprint density at radius 1 is 1.13 bits per heavy atom. The predicted molar refractivity (Wildman–Crippen MR) is 120 cm³/mol. The summed E-state index contributed by atoms with van der Waals surface area (Å²) in [7, 11) is -3.50. The molecule has 31 heavy (non-hydrogen) atoms. The molecule has 4 rings (SSSR count). The number of nitriles is 1. The summed E-state index contributed by atoms with van der Waals surface area (Å²) in [6.45, 7) is 1.85. The van der Waals surface area contributed by atoms with Gasteiger partial charge < -0.3 is 9.80 Å². The average Bonchev–Trinajstić information content (AvgIpc) is 3.29. The van der Waals surface area contributed by atoms with Gasteiger partial charge in [0.15, 0.2) is 9.84 Å². The molecule has 0 aliphatic carbocycles. The number of aromatic nitrogens is 1. The number of carbonyl (C=O) groups excluding carboxylic acids is 1. The molecule has 1 fully saturated rings. The number of hydrogen-bond donors (Lipinski definition) is 0. The lowest BCUT2D eigenvalue weighted by atomic mass is 10.1. The zero-order valence-corrected chi connectivity index (χ0v) is 18.4. The number of nitrogens with zero attached hydrogens (tertiary/aromatic N) is 4. The molecule has 0 N–H and O–H groups in total. The molecule has 10 heteroatoms. The van der Waals surface area contributed by atoms with Gasteiger partial charge >= 0.3 is 0 Å². The minimum absolute atomic E-state index is 0.0245. The number of thiophene rings is 1. The third-order valence-corrected chi connectivity index (χ3v) is 6.82. The lowest BCUT2D eigenvalue weighted by Gasteiger charge is -2.37. The first-order valence-electron chi connectivity index (χ1n) is 9.61. The number of carbonyl (C=O) groups is 1. The van der Waals surface area contributed by atoms with E-state index in [1.54, 1.807) is 35.2 Å². The second-order valence-electron chi connectivity index (χ2n) is 7.40. The summed E-state index contributed by atoms with van der Waals surface area (Å²) >= 11 is 1.40. The summed E-state index contributed by atoms with van der Waals surface area (Å²) in [5.41, 5.74) is 0.249. The predicted octanol–water partition coefficient (Wildman–Crippen LogP) is 1.90. The highest BCUT2D eigenvalue weighted by atomic mass is 32.2. The monoisotopic (exact) mass is 456 g/mol. The second-order valence-corrected chi connectivity index (χ2v) is 10.5. The number of rotatable bonds is 4. The van der Waals surface area contributed by atoms with Crippen molar-refractivity contribution in [2.24, 2.45) is 0 Å². The first-order chi connectivity index (χ1) is 14.8. The zero-order valence-electron chi connectivity index (χ0n) is 16.8. The van der Waals surface area contributed by atoms with Gasteiger partial charge in [0.05, 0.1) is 16.1 Å². The van der Waals surface area contributed by atoms with E-state index >= 15 is 0 Å². The second kappa shape index (κ2) is 8.17. The normalized spacial score (nSPS) is 14.6. The highest BCUT2D eigenvalue weighted by Gasteiger charge is 2.27. The zero-order chi connectivity index (χ0) is 22.2. The molecule has 0 atom stereocenters. The molecule has 1 saturated heterocycles. The van der Waals surface area contributed by atoms with Crippen molar-refractivity contribution >= 4 is 43.7 Å². The quantitative estimate of drug-likeness (QED) is 0.594. The number of benzene rings is 1. The third-order valence-electron chi connectivity index (χ3n) is 5.24. The van der Waals surface area contributed by atoms with E-state index in [1.165, 1.54) is 11.3 Å². The number of sulfone groups is 1. The van der Waals surface area contributed by atoms with Crippen molar-refractivity contribution in [1.29, 1.82) is 5.26 Å². The molecule has 3 aromatic rings. The lowest BCUT2D eigenvalue weighted by molar-refractivity contribution is 0.0751. The summed E-state index contributed by atoms with van der Waals surface area (Å²) in [6.07, 6.45) is 1.05. The number of piperazine rings is 1. The maximum Gasteiger partial charge on any atom is 0.272 e. The van der Waals surface area contributed by atoms with E-state index in [0.717, 1.165) is 10.8 Å². The Labute approximate surface area is 183 Å². The molecule has 0 unspecified atom stereocenters. The number of anilines is 1. The van der Waals surface area contributed by atoms with Crippen LogP contribution >= 0.6 is 11.3 Å². The van der Waals surface area contributed by atoms with Crippen molar-refractivity contribution in [2.75, 3.05) is 37.3 Å². The van der Waals surface area contributed by atoms with E-state index in [4.69, 9.17) is 0 Å². The number of para-hydroxylation sites is 1. The van der Waals surface area contributed by atoms with Crippen molar-refractivity contribution in [1.82, 2.24) is 9.47 Å². The van der Waals surface area contributed by atoms with Gasteiger partial charge in [-0.3, -0.25) is 14.2 Å². The Bertz CT molecular complexity index is 1350. The minimum atomic E-state index is -3.50. The fourth-order valence-corrected chi connectivity index (χ4v) is 5.29. The van der Waals surface area contributed by atoms with Gasteiger partial charge in [-0.2, -0.15) is 5.26 Å². The van der Waals surface area contributed by atoms with Crippen LogP contribution in [0.2, 0.25) is 0 Å². The molecule has 160 valence electrons. The van der Waals surface area contributed by atoms with E-state index in [1.807, 2.05) is 22.4 Å². The molecular formula is C21H20N4O4S2. The van der Waals surface area contributed by atoms with Gasteiger partial charge in [0.1, 0.15) is 17.5 Å². The summed E-state index contributed by atoms with van der Waals surface area (Å²) in [5, 5.41) is 12.3. The van der Waals surface area contributed by atoms with Crippen LogP contribution in [0.25, 0.3) is 10.9 Å². The van der Waals surface area contributed by atoms with Crippen LogP contribution in [0, 0.1) is 11.3 Å². The van der Waals surface area contributed by atoms with Crippen molar-refractivity contribution in [3.8, 4) is 6.07 Å². The van der Waals surface area contributed by atoms with Crippen molar-refractivity contribution < 1.29 is 13.2 Å². The van der Waals surface area contributed by atoms with Crippen LogP contribution in [0.1, 0.15) is 15.2 Å². The Balaban J connectivity index is 1.74. The number of hydrogen-bond acceptors (Lipinski definition) is 7. The number of pyridine rings is 1. The first kappa shape index (κ1) is 21.1. The Hall–Kier alpha value is -3.16. The van der Waals surface area contributed by atoms with Crippen molar-refractivity contribution in [3.63, 3.8) is 0 Å². The molecule has 1 aliphatic heterocycles. The molecule has 2 aromatic heterocycles. The first-order valence-corrected chi connectivity index (χ1v) is 12.6. The van der Waals surface area contributed by atoms with Crippen LogP contribution in [-0.2, 0) is 15.7 Å². The van der Waals surface area contributed by atoms with Gasteiger partial charge in [-0.1, -0.05) is 24.3 Å². The van der Waals surface area contributed by atoms with Gasteiger partial charge in [-0.15, -0.1) is 11.3 Å². The minimum Gasteiger partial charge on any atom is -0.366 e. The highest BCUT2D eigenvalue weighted by molar-refractivity contribution is 7.89. The third kappa shape index (κ3) is 4.06. The van der Waals surface area contributed by atoms with Gasteiger partial charge in [-0.05, 0) is 17.5 Å². The van der Waals surface area contributed by atoms with Crippen molar-refractivity contribution in [3.05, 3.63) is 62.6 Å². The fraction of sp³-hybridized carbons (Fsp3) is 0.286. The fourth-order valence-electron chi connectivity index (χ4n) is 3.87. The highest BCUT2D eigenvalue weighted by Crippen LogP contribution is 2.30. The molecule has 0 radical (unpaired) electrons. The van der Waals surface area contributed by atoms with Crippen LogP contribution in [-0.4, -0.2) is 56.2 Å². The molecule has 3 heterocycles. The van der Waals surface area contributed by atoms with Gasteiger partial charge in [-0.25, -0.2) is 8.42 Å². The summed E-state index contributed by atoms with van der Waals surface area (Å²) in [5.74, 6) is -0.520. The van der Waals surface area contributed by atoms with E-state index in [9.17, 15) is 23.3 Å². The Kier molecular flexibility index (Phi) is 5.56. The van der Waals surface area contributed by atoms with E-state index in [2.05, 4.69) is 0 Å². The SMILES string of the molecule is CS(=O)(=O)Cn1c(=O)c(C#N)c(N2CCN(C(=O)c3cccs3)CC2)c2ccccc21. The summed E-state index contributed by atoms with van der Waals surface area (Å²) < 4.78 is 24.9. The van der Waals surface area contributed by atoms with E-state index in [-0.39, 0.29) is 11.5 Å². The van der Waals surface area contributed by atoms with Crippen LogP contribution in [0.5, 0.6) is 0 Å². The van der Waals surface area contributed by atoms with Crippen LogP contribution in [0.3, 0.4) is 0 Å². The molecule has 1 aliphatic rings. The largest absolute Gasteiger partial charge is 0.366 e. The molecule has 0 spiro atoms. The lowest BCUT2D eigenvalue weighted by Crippen LogP contribution is -2.49. The number of amides is 1. The van der Waals surface area contributed by atoms with E-state index in [0.29, 0.717) is 47.6 Å². The van der Waals surface area contributed by atoms with Crippen LogP contribution < -0.4 is 10.5 Å². The summed E-state index contributed by atoms with van der Waals surface area (Å²) in [6, 6.07) is 12.6. The van der Waals surface area contributed by atoms with Crippen LogP contribution in [0.4, 0.5) is 5.69 Å². The van der Waals surface area contributed by atoms with Gasteiger partial charge in [0.2, 0.25) is 0 Å². The van der Waals surface area contributed by atoms with Crippen molar-refractivity contribution in [2.45, 2.75) is 5.88 Å². The maximum absolute atomic E-state index is 13.1. The Morgan fingerprint density at radius 3 is 2.45 bits per heavy atom. The summed E-state index contributed by atoms with van der Waals surface area (Å²) in [4.78, 5) is 30.1. The van der Waals surface area contributed by atoms with Crippen LogP contribution in [0.15, 0.2) is 46.6 Å². The maximum atomic E-state index is 13.1. The average molecular weight is 457 g/mol. The topological polar surface area (TPSA) is 103 Å². The molecular weight excluding hydrogens is 436 g/mol.